The molecule has 0 aliphatic carbocycles. The number of hydrogen-bond acceptors (Lipinski definition) is 5. The number of nitrogens with one attached hydrogen (secondary N) is 1. The van der Waals surface area contributed by atoms with E-state index in [0.717, 1.165) is 24.4 Å². The Kier molecular flexibility index (Phi) is 5.20. The summed E-state index contributed by atoms with van der Waals surface area (Å²) in [4.78, 5) is 19.7. The summed E-state index contributed by atoms with van der Waals surface area (Å²) >= 11 is 0. The van der Waals surface area contributed by atoms with Gasteiger partial charge in [0.25, 0.3) is 0 Å². The summed E-state index contributed by atoms with van der Waals surface area (Å²) in [6.07, 6.45) is 4.20. The first-order valence-electron chi connectivity index (χ1n) is 6.43. The van der Waals surface area contributed by atoms with E-state index < -0.39 is 0 Å². The number of carbonyl (C=O) groups excluding carboxylic acids is 1. The van der Waals surface area contributed by atoms with E-state index in [1.807, 2.05) is 24.3 Å². The number of aromatic nitrogens is 2. The van der Waals surface area contributed by atoms with Gasteiger partial charge in [0, 0.05) is 37.6 Å². The van der Waals surface area contributed by atoms with Gasteiger partial charge in [-0.2, -0.15) is 0 Å². The van der Waals surface area contributed by atoms with Crippen LogP contribution < -0.4 is 5.32 Å². The van der Waals surface area contributed by atoms with Gasteiger partial charge in [-0.05, 0) is 24.3 Å². The summed E-state index contributed by atoms with van der Waals surface area (Å²) in [6.45, 7) is 1.49. The van der Waals surface area contributed by atoms with Gasteiger partial charge in [0.15, 0.2) is 0 Å². The normalized spacial score (nSPS) is 10.2. The van der Waals surface area contributed by atoms with Crippen molar-refractivity contribution in [3.8, 4) is 0 Å². The number of carbonyl (C=O) groups is 1. The first kappa shape index (κ1) is 14.1. The maximum absolute atomic E-state index is 11.3. The third-order valence-corrected chi connectivity index (χ3v) is 2.84. The molecular formula is C15H17N3O2. The molecule has 5 heteroatoms. The summed E-state index contributed by atoms with van der Waals surface area (Å²) < 4.78 is 4.62. The molecule has 104 valence electrons. The zero-order valence-corrected chi connectivity index (χ0v) is 11.4. The van der Waals surface area contributed by atoms with Crippen LogP contribution in [0.25, 0.3) is 0 Å². The largest absolute Gasteiger partial charge is 0.465 e. The van der Waals surface area contributed by atoms with Crippen molar-refractivity contribution in [1.82, 2.24) is 15.3 Å². The molecule has 0 spiro atoms. The Morgan fingerprint density at radius 2 is 2.10 bits per heavy atom. The lowest BCUT2D eigenvalue weighted by atomic mass is 10.2. The van der Waals surface area contributed by atoms with Crippen molar-refractivity contribution in [1.29, 1.82) is 0 Å². The molecule has 0 fully saturated rings. The van der Waals surface area contributed by atoms with E-state index in [2.05, 4.69) is 20.0 Å². The molecule has 20 heavy (non-hydrogen) atoms. The predicted octanol–water partition coefficient (Wildman–Crippen LogP) is 1.60. The maximum atomic E-state index is 11.3. The molecule has 0 radical (unpaired) electrons. The van der Waals surface area contributed by atoms with E-state index in [1.165, 1.54) is 13.3 Å². The molecule has 2 aromatic rings. The van der Waals surface area contributed by atoms with E-state index >= 15 is 0 Å². The Morgan fingerprint density at radius 3 is 2.75 bits per heavy atom. The van der Waals surface area contributed by atoms with Crippen LogP contribution in [0.3, 0.4) is 0 Å². The SMILES string of the molecule is COC(=O)c1ccc(CNCCc2ccccn2)nc1. The van der Waals surface area contributed by atoms with Crippen LogP contribution in [0.1, 0.15) is 21.7 Å². The van der Waals surface area contributed by atoms with Gasteiger partial charge in [-0.15, -0.1) is 0 Å². The highest BCUT2D eigenvalue weighted by atomic mass is 16.5. The van der Waals surface area contributed by atoms with Crippen molar-refractivity contribution in [2.24, 2.45) is 0 Å². The zero-order valence-electron chi connectivity index (χ0n) is 11.4. The lowest BCUT2D eigenvalue weighted by Crippen LogP contribution is -2.18. The number of nitrogens with zero attached hydrogens (tertiary/aromatic N) is 2. The van der Waals surface area contributed by atoms with Crippen LogP contribution >= 0.6 is 0 Å². The van der Waals surface area contributed by atoms with E-state index in [9.17, 15) is 4.79 Å². The van der Waals surface area contributed by atoms with Crippen molar-refractivity contribution in [2.45, 2.75) is 13.0 Å². The fourth-order valence-electron chi connectivity index (χ4n) is 1.75. The van der Waals surface area contributed by atoms with Crippen molar-refractivity contribution < 1.29 is 9.53 Å². The number of esters is 1. The van der Waals surface area contributed by atoms with Gasteiger partial charge >= 0.3 is 5.97 Å². The van der Waals surface area contributed by atoms with Crippen molar-refractivity contribution in [3.05, 3.63) is 59.7 Å². The average molecular weight is 271 g/mol. The molecule has 0 aliphatic rings. The van der Waals surface area contributed by atoms with Crippen molar-refractivity contribution >= 4 is 5.97 Å². The Hall–Kier alpha value is -2.27. The molecule has 1 N–H and O–H groups in total. The molecule has 2 aromatic heterocycles. The van der Waals surface area contributed by atoms with Crippen LogP contribution in [0.15, 0.2) is 42.7 Å². The van der Waals surface area contributed by atoms with Gasteiger partial charge in [-0.3, -0.25) is 9.97 Å². The lowest BCUT2D eigenvalue weighted by molar-refractivity contribution is 0.0600. The van der Waals surface area contributed by atoms with E-state index in [-0.39, 0.29) is 5.97 Å². The minimum atomic E-state index is -0.368. The Balaban J connectivity index is 1.75. The molecule has 0 aliphatic heterocycles. The zero-order chi connectivity index (χ0) is 14.2. The number of rotatable bonds is 6. The highest BCUT2D eigenvalue weighted by molar-refractivity contribution is 5.88. The van der Waals surface area contributed by atoms with Gasteiger partial charge < -0.3 is 10.1 Å². The number of methoxy groups -OCH3 is 1. The fraction of sp³-hybridized carbons (Fsp3) is 0.267. The fourth-order valence-corrected chi connectivity index (χ4v) is 1.75. The predicted molar refractivity (Wildman–Crippen MR) is 75.2 cm³/mol. The van der Waals surface area contributed by atoms with Crippen LogP contribution in [-0.2, 0) is 17.7 Å². The minimum absolute atomic E-state index is 0.368. The van der Waals surface area contributed by atoms with Gasteiger partial charge in [0.1, 0.15) is 0 Å². The number of hydrogen-bond donors (Lipinski definition) is 1. The lowest BCUT2D eigenvalue weighted by Gasteiger charge is -2.05. The molecular weight excluding hydrogens is 254 g/mol. The molecule has 0 atom stereocenters. The van der Waals surface area contributed by atoms with Crippen molar-refractivity contribution in [2.75, 3.05) is 13.7 Å². The standard InChI is InChI=1S/C15H17N3O2/c1-20-15(19)12-5-6-14(18-10-12)11-16-9-7-13-4-2-3-8-17-13/h2-6,8,10,16H,7,9,11H2,1H3. The second-order valence-corrected chi connectivity index (χ2v) is 4.28. The molecule has 0 saturated heterocycles. The van der Waals surface area contributed by atoms with Gasteiger partial charge in [0.2, 0.25) is 0 Å². The Morgan fingerprint density at radius 1 is 1.20 bits per heavy atom. The van der Waals surface area contributed by atoms with E-state index in [0.29, 0.717) is 12.1 Å². The second-order valence-electron chi connectivity index (χ2n) is 4.28. The molecule has 0 saturated carbocycles. The third-order valence-electron chi connectivity index (χ3n) is 2.84. The van der Waals surface area contributed by atoms with Gasteiger partial charge in [-0.1, -0.05) is 6.07 Å². The highest BCUT2D eigenvalue weighted by Gasteiger charge is 2.05. The summed E-state index contributed by atoms with van der Waals surface area (Å²) in [5.74, 6) is -0.368. The van der Waals surface area contributed by atoms with Crippen LogP contribution in [0.4, 0.5) is 0 Å². The highest BCUT2D eigenvalue weighted by Crippen LogP contribution is 2.02. The minimum Gasteiger partial charge on any atom is -0.465 e. The third kappa shape index (κ3) is 4.13. The van der Waals surface area contributed by atoms with Crippen LogP contribution in [0.2, 0.25) is 0 Å². The molecule has 2 rings (SSSR count). The first-order chi connectivity index (χ1) is 9.79. The Bertz CT molecular complexity index is 541. The molecule has 2 heterocycles. The van der Waals surface area contributed by atoms with Gasteiger partial charge in [-0.25, -0.2) is 4.79 Å². The van der Waals surface area contributed by atoms with Crippen LogP contribution in [0, 0.1) is 0 Å². The van der Waals surface area contributed by atoms with Crippen molar-refractivity contribution in [3.63, 3.8) is 0 Å². The molecule has 5 nitrogen and oxygen atoms in total. The van der Waals surface area contributed by atoms with Crippen LogP contribution in [0.5, 0.6) is 0 Å². The van der Waals surface area contributed by atoms with Crippen LogP contribution in [-0.4, -0.2) is 29.6 Å². The van der Waals surface area contributed by atoms with E-state index in [1.54, 1.807) is 12.3 Å². The summed E-state index contributed by atoms with van der Waals surface area (Å²) in [6, 6.07) is 9.43. The topological polar surface area (TPSA) is 64.1 Å². The summed E-state index contributed by atoms with van der Waals surface area (Å²) in [5.41, 5.74) is 2.41. The summed E-state index contributed by atoms with van der Waals surface area (Å²) in [5, 5.41) is 3.29. The average Bonchev–Trinajstić information content (AvgIpc) is 2.52. The first-order valence-corrected chi connectivity index (χ1v) is 6.43. The molecule has 0 aromatic carbocycles. The number of pyridine rings is 2. The summed E-state index contributed by atoms with van der Waals surface area (Å²) in [7, 11) is 1.36. The van der Waals surface area contributed by atoms with E-state index in [4.69, 9.17) is 0 Å². The maximum Gasteiger partial charge on any atom is 0.339 e. The second kappa shape index (κ2) is 7.35. The van der Waals surface area contributed by atoms with Gasteiger partial charge in [0.05, 0.1) is 18.4 Å². The molecule has 0 bridgehead atoms. The molecule has 0 amide bonds. The smallest absolute Gasteiger partial charge is 0.339 e. The Labute approximate surface area is 118 Å². The number of ether oxygens (including phenoxy) is 1. The molecule has 0 unspecified atom stereocenters. The quantitative estimate of drug-likeness (QED) is 0.638. The monoisotopic (exact) mass is 271 g/mol.